The van der Waals surface area contributed by atoms with Crippen molar-refractivity contribution in [3.05, 3.63) is 18.2 Å². The summed E-state index contributed by atoms with van der Waals surface area (Å²) in [5.74, 6) is 0.475. The second kappa shape index (κ2) is 7.42. The third kappa shape index (κ3) is 4.16. The Labute approximate surface area is 107 Å². The molecule has 5 nitrogen and oxygen atoms in total. The maximum Gasteiger partial charge on any atom is 0.305 e. The number of hydrogen-bond acceptors (Lipinski definition) is 5. The molecule has 0 heterocycles. The Morgan fingerprint density at radius 3 is 2.89 bits per heavy atom. The highest BCUT2D eigenvalue weighted by atomic mass is 16.5. The molecule has 0 bridgehead atoms. The molecule has 0 fully saturated rings. The van der Waals surface area contributed by atoms with E-state index in [1.165, 1.54) is 0 Å². The molecule has 0 saturated carbocycles. The van der Waals surface area contributed by atoms with Crippen LogP contribution in [0.4, 0.5) is 11.4 Å². The van der Waals surface area contributed by atoms with Crippen LogP contribution >= 0.6 is 0 Å². The summed E-state index contributed by atoms with van der Waals surface area (Å²) in [7, 11) is 1.58. The highest BCUT2D eigenvalue weighted by molar-refractivity contribution is 5.73. The van der Waals surface area contributed by atoms with Crippen LogP contribution in [0.2, 0.25) is 0 Å². The first-order chi connectivity index (χ1) is 8.69. The summed E-state index contributed by atoms with van der Waals surface area (Å²) >= 11 is 0. The lowest BCUT2D eigenvalue weighted by atomic mass is 10.2. The standard InChI is InChI=1S/C13H20N2O3/c1-3-18-12(16)8-5-9-15-10-6-4-7-11(17-2)13(10)14/h4,6-7,15H,3,5,8-9,14H2,1-2H3. The van der Waals surface area contributed by atoms with Gasteiger partial charge in [-0.05, 0) is 25.5 Å². The van der Waals surface area contributed by atoms with E-state index >= 15 is 0 Å². The zero-order valence-electron chi connectivity index (χ0n) is 10.9. The molecule has 0 saturated heterocycles. The number of anilines is 2. The number of esters is 1. The van der Waals surface area contributed by atoms with E-state index in [9.17, 15) is 4.79 Å². The normalized spacial score (nSPS) is 9.89. The molecule has 1 rings (SSSR count). The molecule has 0 aliphatic heterocycles. The van der Waals surface area contributed by atoms with Gasteiger partial charge in [-0.25, -0.2) is 0 Å². The van der Waals surface area contributed by atoms with E-state index in [1.54, 1.807) is 20.1 Å². The lowest BCUT2D eigenvalue weighted by Crippen LogP contribution is -2.09. The molecule has 0 aliphatic rings. The highest BCUT2D eigenvalue weighted by Crippen LogP contribution is 2.28. The predicted molar refractivity (Wildman–Crippen MR) is 71.8 cm³/mol. The Kier molecular flexibility index (Phi) is 5.84. The molecule has 3 N–H and O–H groups in total. The quantitative estimate of drug-likeness (QED) is 0.441. The van der Waals surface area contributed by atoms with Gasteiger partial charge in [0.25, 0.3) is 0 Å². The van der Waals surface area contributed by atoms with Crippen molar-refractivity contribution in [1.82, 2.24) is 0 Å². The molecule has 0 amide bonds. The topological polar surface area (TPSA) is 73.6 Å². The molecule has 1 aromatic rings. The van der Waals surface area contributed by atoms with Crippen LogP contribution in [0.3, 0.4) is 0 Å². The van der Waals surface area contributed by atoms with Crippen molar-refractivity contribution in [3.8, 4) is 5.75 Å². The molecule has 0 aromatic heterocycles. The molecule has 18 heavy (non-hydrogen) atoms. The van der Waals surface area contributed by atoms with Gasteiger partial charge >= 0.3 is 5.97 Å². The maximum absolute atomic E-state index is 11.1. The van der Waals surface area contributed by atoms with Gasteiger partial charge in [0.05, 0.1) is 25.1 Å². The van der Waals surface area contributed by atoms with Crippen molar-refractivity contribution < 1.29 is 14.3 Å². The number of carbonyl (C=O) groups excluding carboxylic acids is 1. The third-order valence-electron chi connectivity index (χ3n) is 2.46. The first kappa shape index (κ1) is 14.2. The van der Waals surface area contributed by atoms with Gasteiger partial charge in [0.15, 0.2) is 0 Å². The van der Waals surface area contributed by atoms with Crippen molar-refractivity contribution in [3.63, 3.8) is 0 Å². The summed E-state index contributed by atoms with van der Waals surface area (Å²) in [6, 6.07) is 5.55. The van der Waals surface area contributed by atoms with Crippen molar-refractivity contribution in [2.24, 2.45) is 0 Å². The number of nitrogens with two attached hydrogens (primary N) is 1. The summed E-state index contributed by atoms with van der Waals surface area (Å²) < 4.78 is 9.97. The fourth-order valence-electron chi connectivity index (χ4n) is 1.57. The van der Waals surface area contributed by atoms with Gasteiger partial charge in [-0.15, -0.1) is 0 Å². The minimum absolute atomic E-state index is 0.169. The lowest BCUT2D eigenvalue weighted by molar-refractivity contribution is -0.143. The Bertz CT molecular complexity index is 394. The zero-order chi connectivity index (χ0) is 13.4. The smallest absolute Gasteiger partial charge is 0.305 e. The van der Waals surface area contributed by atoms with Crippen LogP contribution in [0.5, 0.6) is 5.75 Å². The molecule has 100 valence electrons. The minimum atomic E-state index is -0.169. The van der Waals surface area contributed by atoms with E-state index in [2.05, 4.69) is 5.32 Å². The van der Waals surface area contributed by atoms with Gasteiger partial charge in [0.2, 0.25) is 0 Å². The van der Waals surface area contributed by atoms with Gasteiger partial charge in [-0.2, -0.15) is 0 Å². The van der Waals surface area contributed by atoms with Crippen LogP contribution in [0, 0.1) is 0 Å². The van der Waals surface area contributed by atoms with Crippen LogP contribution in [-0.2, 0) is 9.53 Å². The van der Waals surface area contributed by atoms with Crippen molar-refractivity contribution in [2.45, 2.75) is 19.8 Å². The first-order valence-corrected chi connectivity index (χ1v) is 6.01. The van der Waals surface area contributed by atoms with E-state index in [0.29, 0.717) is 37.4 Å². The lowest BCUT2D eigenvalue weighted by Gasteiger charge is -2.11. The van der Waals surface area contributed by atoms with Crippen LogP contribution in [0.25, 0.3) is 0 Å². The van der Waals surface area contributed by atoms with Crippen molar-refractivity contribution >= 4 is 17.3 Å². The van der Waals surface area contributed by atoms with Crippen molar-refractivity contribution in [1.29, 1.82) is 0 Å². The van der Waals surface area contributed by atoms with E-state index < -0.39 is 0 Å². The van der Waals surface area contributed by atoms with Gasteiger partial charge in [0, 0.05) is 13.0 Å². The van der Waals surface area contributed by atoms with E-state index in [4.69, 9.17) is 15.2 Å². The van der Waals surface area contributed by atoms with E-state index in [0.717, 1.165) is 5.69 Å². The van der Waals surface area contributed by atoms with E-state index in [1.807, 2.05) is 12.1 Å². The van der Waals surface area contributed by atoms with Gasteiger partial charge in [-0.3, -0.25) is 4.79 Å². The summed E-state index contributed by atoms with van der Waals surface area (Å²) in [5, 5.41) is 3.17. The fourth-order valence-corrected chi connectivity index (χ4v) is 1.57. The molecular formula is C13H20N2O3. The number of methoxy groups -OCH3 is 1. The first-order valence-electron chi connectivity index (χ1n) is 6.01. The van der Waals surface area contributed by atoms with Crippen LogP contribution in [0.15, 0.2) is 18.2 Å². The highest BCUT2D eigenvalue weighted by Gasteiger charge is 2.05. The summed E-state index contributed by atoms with van der Waals surface area (Å²) in [6.45, 7) is 2.89. The molecule has 0 unspecified atom stereocenters. The molecule has 5 heteroatoms. The average molecular weight is 252 g/mol. The number of nitrogens with one attached hydrogen (secondary N) is 1. The predicted octanol–water partition coefficient (Wildman–Crippen LogP) is 2.03. The Balaban J connectivity index is 2.38. The largest absolute Gasteiger partial charge is 0.495 e. The zero-order valence-corrected chi connectivity index (χ0v) is 10.9. The number of nitrogen functional groups attached to an aromatic ring is 1. The number of ether oxygens (including phenoxy) is 2. The number of carbonyl (C=O) groups is 1. The summed E-state index contributed by atoms with van der Waals surface area (Å²) in [4.78, 5) is 11.1. The van der Waals surface area contributed by atoms with Crippen LogP contribution < -0.4 is 15.8 Å². The number of hydrogen-bond donors (Lipinski definition) is 2. The monoisotopic (exact) mass is 252 g/mol. The Hall–Kier alpha value is -1.91. The second-order valence-electron chi connectivity index (χ2n) is 3.76. The van der Waals surface area contributed by atoms with Gasteiger partial charge in [0.1, 0.15) is 5.75 Å². The molecule has 0 spiro atoms. The Morgan fingerprint density at radius 2 is 2.22 bits per heavy atom. The average Bonchev–Trinajstić information content (AvgIpc) is 2.36. The minimum Gasteiger partial charge on any atom is -0.495 e. The number of rotatable bonds is 7. The molecule has 0 atom stereocenters. The van der Waals surface area contributed by atoms with E-state index in [-0.39, 0.29) is 5.97 Å². The maximum atomic E-state index is 11.1. The van der Waals surface area contributed by atoms with Gasteiger partial charge < -0.3 is 20.5 Å². The van der Waals surface area contributed by atoms with Crippen LogP contribution in [-0.4, -0.2) is 26.2 Å². The third-order valence-corrected chi connectivity index (χ3v) is 2.46. The summed E-state index contributed by atoms with van der Waals surface area (Å²) in [5.41, 5.74) is 7.30. The number of para-hydroxylation sites is 1. The number of benzene rings is 1. The van der Waals surface area contributed by atoms with Crippen molar-refractivity contribution in [2.75, 3.05) is 31.3 Å². The Morgan fingerprint density at radius 1 is 1.44 bits per heavy atom. The molecule has 1 aromatic carbocycles. The fraction of sp³-hybridized carbons (Fsp3) is 0.462. The molecular weight excluding hydrogens is 232 g/mol. The summed E-state index contributed by atoms with van der Waals surface area (Å²) in [6.07, 6.45) is 1.11. The SMILES string of the molecule is CCOC(=O)CCCNc1cccc(OC)c1N. The molecule has 0 radical (unpaired) electrons. The van der Waals surface area contributed by atoms with Gasteiger partial charge in [-0.1, -0.05) is 6.07 Å². The second-order valence-corrected chi connectivity index (χ2v) is 3.76. The van der Waals surface area contributed by atoms with Crippen LogP contribution in [0.1, 0.15) is 19.8 Å². The molecule has 0 aliphatic carbocycles.